The molecule has 3 aromatic carbocycles. The Labute approximate surface area is 224 Å². The molecule has 202 valence electrons. The number of hydrogen-bond donors (Lipinski definition) is 1. The zero-order valence-corrected chi connectivity index (χ0v) is 21.2. The number of hydrogen-bond acceptors (Lipinski definition) is 8. The quantitative estimate of drug-likeness (QED) is 0.352. The maximum Gasteiger partial charge on any atom is 0.416 e. The van der Waals surface area contributed by atoms with Gasteiger partial charge >= 0.3 is 6.09 Å². The molecule has 11 heteroatoms. The van der Waals surface area contributed by atoms with Crippen LogP contribution >= 0.6 is 0 Å². The van der Waals surface area contributed by atoms with Gasteiger partial charge in [-0.15, -0.1) is 0 Å². The first-order chi connectivity index (χ1) is 18.9. The molecule has 1 N–H and O–H groups in total. The molecule has 5 rings (SSSR count). The Morgan fingerprint density at radius 3 is 2.46 bits per heavy atom. The minimum Gasteiger partial charge on any atom is -0.493 e. The molecule has 3 aromatic rings. The Balaban J connectivity index is 1.47. The Morgan fingerprint density at radius 1 is 1.05 bits per heavy atom. The molecule has 11 nitrogen and oxygen atoms in total. The third-order valence-corrected chi connectivity index (χ3v) is 6.88. The average Bonchev–Trinajstić information content (AvgIpc) is 3.43. The maximum atomic E-state index is 13.5. The summed E-state index contributed by atoms with van der Waals surface area (Å²) in [5.41, 5.74) is 1.66. The van der Waals surface area contributed by atoms with Crippen LogP contribution in [0.4, 0.5) is 16.2 Å². The zero-order valence-electron chi connectivity index (χ0n) is 21.2. The van der Waals surface area contributed by atoms with E-state index in [9.17, 15) is 24.8 Å². The van der Waals surface area contributed by atoms with Crippen LogP contribution in [0.25, 0.3) is 0 Å². The number of nitrogens with zero attached hydrogens (tertiary/aromatic N) is 3. The Kier molecular flexibility index (Phi) is 7.33. The van der Waals surface area contributed by atoms with E-state index in [0.29, 0.717) is 30.7 Å². The first-order valence-electron chi connectivity index (χ1n) is 12.4. The fourth-order valence-electron chi connectivity index (χ4n) is 4.89. The topological polar surface area (TPSA) is 132 Å². The van der Waals surface area contributed by atoms with Crippen molar-refractivity contribution in [3.63, 3.8) is 0 Å². The van der Waals surface area contributed by atoms with Gasteiger partial charge in [0.2, 0.25) is 0 Å². The molecule has 1 unspecified atom stereocenters. The van der Waals surface area contributed by atoms with Crippen LogP contribution in [-0.2, 0) is 18.0 Å². The lowest BCUT2D eigenvalue weighted by atomic mass is 10.1. The summed E-state index contributed by atoms with van der Waals surface area (Å²) >= 11 is 0. The number of carbonyl (C=O) groups excluding carboxylic acids is 2. The number of rotatable bonds is 7. The summed E-state index contributed by atoms with van der Waals surface area (Å²) in [6, 6.07) is 17.5. The summed E-state index contributed by atoms with van der Waals surface area (Å²) in [7, 11) is 1.46. The second kappa shape index (κ2) is 11.0. The van der Waals surface area contributed by atoms with Crippen LogP contribution in [0.1, 0.15) is 34.3 Å². The number of aliphatic hydroxyl groups is 1. The molecule has 2 atom stereocenters. The van der Waals surface area contributed by atoms with E-state index in [1.165, 1.54) is 43.5 Å². The zero-order chi connectivity index (χ0) is 27.5. The van der Waals surface area contributed by atoms with Crippen molar-refractivity contribution in [1.29, 1.82) is 0 Å². The van der Waals surface area contributed by atoms with E-state index in [1.54, 1.807) is 4.90 Å². The number of amides is 2. The van der Waals surface area contributed by atoms with E-state index in [4.69, 9.17) is 14.2 Å². The van der Waals surface area contributed by atoms with Gasteiger partial charge in [-0.05, 0) is 42.2 Å². The SMILES string of the molecule is COc1cc2c(cc1OCc1ccccc1)N(C(=O)OCc1ccc([N+](=O)[O-])cc1)C(O)[C@@H]1CCCN1C2=O. The van der Waals surface area contributed by atoms with Crippen molar-refractivity contribution in [2.75, 3.05) is 18.6 Å². The standard InChI is InChI=1S/C28H27N3O8/c1-37-24-14-21-23(15-25(24)38-16-18-6-3-2-4-7-18)30(27(33)22-8-5-13-29(22)26(21)32)28(34)39-17-19-9-11-20(12-10-19)31(35)36/h2-4,6-7,9-12,14-15,22,27,33H,5,8,13,16-17H2,1H3/t22-,27?/m0/s1. The number of fused-ring (bicyclic) bond motifs is 2. The number of anilines is 1. The van der Waals surface area contributed by atoms with Crippen molar-refractivity contribution < 1.29 is 33.8 Å². The van der Waals surface area contributed by atoms with Gasteiger partial charge in [-0.1, -0.05) is 30.3 Å². The van der Waals surface area contributed by atoms with Gasteiger partial charge in [0, 0.05) is 24.7 Å². The minimum atomic E-state index is -1.36. The van der Waals surface area contributed by atoms with Crippen molar-refractivity contribution in [2.45, 2.75) is 38.3 Å². The van der Waals surface area contributed by atoms with Gasteiger partial charge in [-0.2, -0.15) is 0 Å². The molecule has 0 radical (unpaired) electrons. The summed E-state index contributed by atoms with van der Waals surface area (Å²) in [5, 5.41) is 22.3. The Bertz CT molecular complexity index is 1380. The molecule has 2 heterocycles. The fourth-order valence-corrected chi connectivity index (χ4v) is 4.89. The molecule has 2 aliphatic rings. The lowest BCUT2D eigenvalue weighted by Crippen LogP contribution is -2.50. The number of nitro groups is 1. The second-order valence-electron chi connectivity index (χ2n) is 9.26. The highest BCUT2D eigenvalue weighted by molar-refractivity contribution is 6.06. The van der Waals surface area contributed by atoms with Gasteiger partial charge in [0.25, 0.3) is 11.6 Å². The van der Waals surface area contributed by atoms with E-state index in [-0.39, 0.29) is 41.8 Å². The number of ether oxygens (including phenoxy) is 3. The number of methoxy groups -OCH3 is 1. The predicted octanol–water partition coefficient (Wildman–Crippen LogP) is 4.26. The minimum absolute atomic E-state index is 0.0845. The maximum absolute atomic E-state index is 13.5. The van der Waals surface area contributed by atoms with E-state index >= 15 is 0 Å². The second-order valence-corrected chi connectivity index (χ2v) is 9.26. The first-order valence-corrected chi connectivity index (χ1v) is 12.4. The van der Waals surface area contributed by atoms with E-state index in [2.05, 4.69) is 0 Å². The summed E-state index contributed by atoms with van der Waals surface area (Å²) in [4.78, 5) is 40.0. The molecular formula is C28H27N3O8. The van der Waals surface area contributed by atoms with Crippen molar-refractivity contribution in [2.24, 2.45) is 0 Å². The van der Waals surface area contributed by atoms with Crippen LogP contribution in [-0.4, -0.2) is 52.9 Å². The van der Waals surface area contributed by atoms with E-state index in [1.807, 2.05) is 30.3 Å². The smallest absolute Gasteiger partial charge is 0.416 e. The molecule has 0 spiro atoms. The molecule has 2 amide bonds. The van der Waals surface area contributed by atoms with Gasteiger partial charge in [-0.3, -0.25) is 14.9 Å². The van der Waals surface area contributed by atoms with Crippen molar-refractivity contribution in [3.05, 3.63) is 93.5 Å². The van der Waals surface area contributed by atoms with Gasteiger partial charge in [0.05, 0.1) is 29.3 Å². The third-order valence-electron chi connectivity index (χ3n) is 6.88. The molecule has 0 bridgehead atoms. The van der Waals surface area contributed by atoms with Crippen LogP contribution < -0.4 is 14.4 Å². The van der Waals surface area contributed by atoms with Gasteiger partial charge in [0.1, 0.15) is 13.2 Å². The van der Waals surface area contributed by atoms with Gasteiger partial charge < -0.3 is 24.2 Å². The number of benzene rings is 3. The van der Waals surface area contributed by atoms with Crippen LogP contribution in [0.15, 0.2) is 66.7 Å². The summed E-state index contributed by atoms with van der Waals surface area (Å²) in [6.07, 6.45) is -1.04. The highest BCUT2D eigenvalue weighted by Crippen LogP contribution is 2.41. The molecular weight excluding hydrogens is 506 g/mol. The molecule has 0 aromatic heterocycles. The van der Waals surface area contributed by atoms with Gasteiger partial charge in [0.15, 0.2) is 17.7 Å². The number of non-ortho nitro benzene ring substituents is 1. The summed E-state index contributed by atoms with van der Waals surface area (Å²) in [6.45, 7) is 0.470. The van der Waals surface area contributed by atoms with Crippen molar-refractivity contribution >= 4 is 23.4 Å². The number of nitro benzene ring substituents is 1. The predicted molar refractivity (Wildman–Crippen MR) is 140 cm³/mol. The van der Waals surface area contributed by atoms with Crippen LogP contribution in [0, 0.1) is 10.1 Å². The highest BCUT2D eigenvalue weighted by Gasteiger charge is 2.45. The molecule has 2 aliphatic heterocycles. The molecule has 0 aliphatic carbocycles. The van der Waals surface area contributed by atoms with Gasteiger partial charge in [-0.25, -0.2) is 9.69 Å². The lowest BCUT2D eigenvalue weighted by Gasteiger charge is -2.31. The summed E-state index contributed by atoms with van der Waals surface area (Å²) < 4.78 is 17.0. The van der Waals surface area contributed by atoms with Crippen LogP contribution in [0.2, 0.25) is 0 Å². The largest absolute Gasteiger partial charge is 0.493 e. The fraction of sp³-hybridized carbons (Fsp3) is 0.286. The molecule has 39 heavy (non-hydrogen) atoms. The summed E-state index contributed by atoms with van der Waals surface area (Å²) in [5.74, 6) is 0.268. The highest BCUT2D eigenvalue weighted by atomic mass is 16.6. The van der Waals surface area contributed by atoms with E-state index < -0.39 is 23.3 Å². The third kappa shape index (κ3) is 5.21. The van der Waals surface area contributed by atoms with Crippen LogP contribution in [0.3, 0.4) is 0 Å². The number of carbonyl (C=O) groups is 2. The molecule has 1 saturated heterocycles. The normalized spacial score (nSPS) is 18.2. The Morgan fingerprint density at radius 2 is 1.77 bits per heavy atom. The monoisotopic (exact) mass is 533 g/mol. The Hall–Kier alpha value is -4.64. The van der Waals surface area contributed by atoms with Crippen LogP contribution in [0.5, 0.6) is 11.5 Å². The number of aliphatic hydroxyl groups excluding tert-OH is 1. The molecule has 0 saturated carbocycles. The lowest BCUT2D eigenvalue weighted by molar-refractivity contribution is -0.384. The van der Waals surface area contributed by atoms with E-state index in [0.717, 1.165) is 10.5 Å². The van der Waals surface area contributed by atoms with Crippen molar-refractivity contribution in [1.82, 2.24) is 4.90 Å². The first kappa shape index (κ1) is 26.0. The van der Waals surface area contributed by atoms with Crippen molar-refractivity contribution in [3.8, 4) is 11.5 Å². The average molecular weight is 534 g/mol. The molecule has 1 fully saturated rings.